The highest BCUT2D eigenvalue weighted by Gasteiger charge is 2.27. The molecule has 2 aliphatic rings. The van der Waals surface area contributed by atoms with Crippen LogP contribution in [0.3, 0.4) is 0 Å². The highest BCUT2D eigenvalue weighted by atomic mass is 127. The Balaban J connectivity index is 0.00000280. The number of halogens is 3. The van der Waals surface area contributed by atoms with E-state index in [2.05, 4.69) is 27.4 Å². The van der Waals surface area contributed by atoms with Crippen molar-refractivity contribution in [1.82, 2.24) is 15.5 Å². The van der Waals surface area contributed by atoms with Crippen LogP contribution in [0.2, 0.25) is 5.02 Å². The van der Waals surface area contributed by atoms with E-state index in [-0.39, 0.29) is 29.8 Å². The average molecular weight is 523 g/mol. The highest BCUT2D eigenvalue weighted by molar-refractivity contribution is 14.0. The quantitative estimate of drug-likeness (QED) is 0.326. The lowest BCUT2D eigenvalue weighted by Crippen LogP contribution is -2.50. The van der Waals surface area contributed by atoms with Crippen LogP contribution in [0.4, 0.5) is 4.39 Å². The molecule has 1 aliphatic heterocycles. The minimum atomic E-state index is -0.255. The number of hydrogen-bond donors (Lipinski definition) is 2. The van der Waals surface area contributed by atoms with E-state index in [4.69, 9.17) is 11.6 Å². The SMILES string of the molecule is CCNC(=NCCc1c(F)cccc1Cl)NC1CCN(C2CCCC2)CC1.I. The first kappa shape index (κ1) is 23.7. The van der Waals surface area contributed by atoms with Crippen LogP contribution in [0.15, 0.2) is 23.2 Å². The van der Waals surface area contributed by atoms with Gasteiger partial charge in [0.15, 0.2) is 5.96 Å². The Kier molecular flexibility index (Phi) is 10.3. The van der Waals surface area contributed by atoms with E-state index in [9.17, 15) is 4.39 Å². The second kappa shape index (κ2) is 12.2. The molecule has 0 unspecified atom stereocenters. The van der Waals surface area contributed by atoms with Crippen LogP contribution in [-0.4, -0.2) is 49.1 Å². The van der Waals surface area contributed by atoms with Gasteiger partial charge < -0.3 is 15.5 Å². The Labute approximate surface area is 190 Å². The summed E-state index contributed by atoms with van der Waals surface area (Å²) < 4.78 is 13.9. The second-order valence-electron chi connectivity index (χ2n) is 7.60. The lowest BCUT2D eigenvalue weighted by atomic mass is 10.0. The van der Waals surface area contributed by atoms with Crippen LogP contribution in [0.25, 0.3) is 0 Å². The van der Waals surface area contributed by atoms with E-state index >= 15 is 0 Å². The number of hydrogen-bond acceptors (Lipinski definition) is 2. The molecule has 158 valence electrons. The molecule has 3 rings (SSSR count). The van der Waals surface area contributed by atoms with Crippen molar-refractivity contribution in [2.75, 3.05) is 26.2 Å². The molecule has 0 spiro atoms. The fraction of sp³-hybridized carbons (Fsp3) is 0.667. The molecule has 0 atom stereocenters. The summed E-state index contributed by atoms with van der Waals surface area (Å²) >= 11 is 6.10. The monoisotopic (exact) mass is 522 g/mol. The van der Waals surface area contributed by atoms with Crippen molar-refractivity contribution >= 4 is 41.5 Å². The topological polar surface area (TPSA) is 39.7 Å². The zero-order valence-corrected chi connectivity index (χ0v) is 19.8. The van der Waals surface area contributed by atoms with Gasteiger partial charge in [0.05, 0.1) is 0 Å². The third-order valence-corrected chi connectivity index (χ3v) is 6.10. The molecular formula is C21H33ClFIN4. The van der Waals surface area contributed by atoms with Gasteiger partial charge in [-0.3, -0.25) is 4.99 Å². The Morgan fingerprint density at radius 3 is 2.57 bits per heavy atom. The molecule has 0 aromatic heterocycles. The molecule has 2 N–H and O–H groups in total. The number of aliphatic imine (C=N–C) groups is 1. The average Bonchev–Trinajstić information content (AvgIpc) is 3.19. The van der Waals surface area contributed by atoms with E-state index in [0.29, 0.717) is 29.6 Å². The molecule has 28 heavy (non-hydrogen) atoms. The first-order valence-corrected chi connectivity index (χ1v) is 10.8. The highest BCUT2D eigenvalue weighted by Crippen LogP contribution is 2.26. The first-order chi connectivity index (χ1) is 13.2. The number of nitrogens with one attached hydrogen (secondary N) is 2. The molecular weight excluding hydrogens is 490 g/mol. The minimum absolute atomic E-state index is 0. The number of benzene rings is 1. The minimum Gasteiger partial charge on any atom is -0.357 e. The van der Waals surface area contributed by atoms with Gasteiger partial charge in [0, 0.05) is 48.8 Å². The van der Waals surface area contributed by atoms with E-state index in [1.807, 2.05) is 0 Å². The third-order valence-electron chi connectivity index (χ3n) is 5.75. The van der Waals surface area contributed by atoms with Gasteiger partial charge in [-0.05, 0) is 51.2 Å². The molecule has 4 nitrogen and oxygen atoms in total. The summed E-state index contributed by atoms with van der Waals surface area (Å²) in [6.07, 6.45) is 8.35. The van der Waals surface area contributed by atoms with Crippen molar-refractivity contribution in [2.24, 2.45) is 4.99 Å². The summed E-state index contributed by atoms with van der Waals surface area (Å²) in [5, 5.41) is 7.35. The van der Waals surface area contributed by atoms with Gasteiger partial charge in [-0.2, -0.15) is 0 Å². The molecule has 1 aromatic carbocycles. The first-order valence-electron chi connectivity index (χ1n) is 10.4. The maximum absolute atomic E-state index is 13.9. The summed E-state index contributed by atoms with van der Waals surface area (Å²) in [7, 11) is 0. The summed E-state index contributed by atoms with van der Waals surface area (Å²) in [4.78, 5) is 7.31. The van der Waals surface area contributed by atoms with Crippen molar-refractivity contribution in [3.63, 3.8) is 0 Å². The van der Waals surface area contributed by atoms with Crippen LogP contribution < -0.4 is 10.6 Å². The van der Waals surface area contributed by atoms with E-state index < -0.39 is 0 Å². The maximum Gasteiger partial charge on any atom is 0.191 e. The Hall–Kier alpha value is -0.600. The summed E-state index contributed by atoms with van der Waals surface area (Å²) in [5.41, 5.74) is 0.545. The van der Waals surface area contributed by atoms with Gasteiger partial charge in [0.2, 0.25) is 0 Å². The van der Waals surface area contributed by atoms with E-state index in [1.165, 1.54) is 44.8 Å². The maximum atomic E-state index is 13.9. The van der Waals surface area contributed by atoms with Crippen LogP contribution in [-0.2, 0) is 6.42 Å². The molecule has 1 aromatic rings. The molecule has 2 fully saturated rings. The van der Waals surface area contributed by atoms with Crippen LogP contribution >= 0.6 is 35.6 Å². The van der Waals surface area contributed by atoms with Crippen LogP contribution in [0.5, 0.6) is 0 Å². The summed E-state index contributed by atoms with van der Waals surface area (Å²) in [6.45, 7) is 5.73. The molecule has 7 heteroatoms. The Morgan fingerprint density at radius 1 is 1.21 bits per heavy atom. The number of rotatable bonds is 6. The van der Waals surface area contributed by atoms with Gasteiger partial charge in [-0.25, -0.2) is 4.39 Å². The molecule has 0 bridgehead atoms. The molecule has 1 aliphatic carbocycles. The largest absolute Gasteiger partial charge is 0.357 e. The zero-order chi connectivity index (χ0) is 19.1. The van der Waals surface area contributed by atoms with Crippen LogP contribution in [0, 0.1) is 5.82 Å². The van der Waals surface area contributed by atoms with Gasteiger partial charge >= 0.3 is 0 Å². The van der Waals surface area contributed by atoms with Gasteiger partial charge in [0.1, 0.15) is 5.82 Å². The fourth-order valence-corrected chi connectivity index (χ4v) is 4.50. The van der Waals surface area contributed by atoms with Gasteiger partial charge in [-0.1, -0.05) is 30.5 Å². The molecule has 1 heterocycles. The molecule has 0 radical (unpaired) electrons. The van der Waals surface area contributed by atoms with Crippen molar-refractivity contribution in [3.8, 4) is 0 Å². The number of guanidine groups is 1. The molecule has 1 saturated heterocycles. The van der Waals surface area contributed by atoms with Gasteiger partial charge in [0.25, 0.3) is 0 Å². The normalized spacial score (nSPS) is 19.5. The molecule has 0 amide bonds. The predicted molar refractivity (Wildman–Crippen MR) is 126 cm³/mol. The van der Waals surface area contributed by atoms with E-state index in [0.717, 1.165) is 31.4 Å². The van der Waals surface area contributed by atoms with Gasteiger partial charge in [-0.15, -0.1) is 24.0 Å². The Morgan fingerprint density at radius 2 is 1.93 bits per heavy atom. The molecule has 1 saturated carbocycles. The van der Waals surface area contributed by atoms with Crippen molar-refractivity contribution in [2.45, 2.75) is 64.0 Å². The van der Waals surface area contributed by atoms with Crippen molar-refractivity contribution in [1.29, 1.82) is 0 Å². The van der Waals surface area contributed by atoms with Crippen LogP contribution in [0.1, 0.15) is 51.0 Å². The lowest BCUT2D eigenvalue weighted by Gasteiger charge is -2.36. The van der Waals surface area contributed by atoms with Crippen molar-refractivity contribution < 1.29 is 4.39 Å². The lowest BCUT2D eigenvalue weighted by molar-refractivity contribution is 0.150. The standard InChI is InChI=1S/C21H32ClFN4.HI/c1-2-24-21(25-13-10-18-19(22)8-5-9-20(18)23)26-16-11-14-27(15-12-16)17-6-3-4-7-17;/h5,8-9,16-17H,2-4,6-7,10-15H2,1H3,(H2,24,25,26);1H. The predicted octanol–water partition coefficient (Wildman–Crippen LogP) is 4.60. The summed E-state index contributed by atoms with van der Waals surface area (Å²) in [5.74, 6) is 0.569. The number of likely N-dealkylation sites (tertiary alicyclic amines) is 1. The number of nitrogens with zero attached hydrogens (tertiary/aromatic N) is 2. The third kappa shape index (κ3) is 6.73. The number of piperidine rings is 1. The zero-order valence-electron chi connectivity index (χ0n) is 16.7. The second-order valence-corrected chi connectivity index (χ2v) is 8.01. The van der Waals surface area contributed by atoms with Crippen molar-refractivity contribution in [3.05, 3.63) is 34.6 Å². The summed E-state index contributed by atoms with van der Waals surface area (Å²) in [6, 6.07) is 6.09. The van der Waals surface area contributed by atoms with E-state index in [1.54, 1.807) is 12.1 Å². The Bertz CT molecular complexity index is 609. The smallest absolute Gasteiger partial charge is 0.191 e. The fourth-order valence-electron chi connectivity index (χ4n) is 4.24.